The third-order valence-electron chi connectivity index (χ3n) is 6.12. The summed E-state index contributed by atoms with van der Waals surface area (Å²) in [5, 5.41) is 14.3. The van der Waals surface area contributed by atoms with Gasteiger partial charge in [-0.2, -0.15) is 0 Å². The largest absolute Gasteiger partial charge is 0.478 e. The van der Waals surface area contributed by atoms with Gasteiger partial charge >= 0.3 is 5.97 Å². The third-order valence-corrected chi connectivity index (χ3v) is 6.12. The molecule has 0 aromatic carbocycles. The van der Waals surface area contributed by atoms with Gasteiger partial charge in [0.15, 0.2) is 0 Å². The van der Waals surface area contributed by atoms with Gasteiger partial charge in [-0.3, -0.25) is 14.5 Å². The number of hydrogen-bond donors (Lipinski definition) is 3. The molecule has 0 radical (unpaired) electrons. The molecule has 0 aromatic heterocycles. The maximum atomic E-state index is 12.3. The van der Waals surface area contributed by atoms with E-state index < -0.39 is 11.9 Å². The first-order chi connectivity index (χ1) is 20.0. The van der Waals surface area contributed by atoms with Crippen molar-refractivity contribution in [3.8, 4) is 0 Å². The van der Waals surface area contributed by atoms with Gasteiger partial charge in [0.05, 0.1) is 13.2 Å². The van der Waals surface area contributed by atoms with Crippen LogP contribution in [0.25, 0.3) is 0 Å². The molecule has 3 N–H and O–H groups in total. The fraction of sp³-hybridized carbons (Fsp3) is 0.485. The Morgan fingerprint density at radius 1 is 0.732 bits per heavy atom. The zero-order chi connectivity index (χ0) is 29.8. The highest BCUT2D eigenvalue weighted by atomic mass is 16.5. The summed E-state index contributed by atoms with van der Waals surface area (Å²) < 4.78 is 5.40. The lowest BCUT2D eigenvalue weighted by atomic mass is 10.2. The molecule has 1 fully saturated rings. The zero-order valence-corrected chi connectivity index (χ0v) is 24.6. The Balaban J connectivity index is 2.19. The van der Waals surface area contributed by atoms with Crippen LogP contribution in [0.4, 0.5) is 0 Å². The Hall–Kier alpha value is -3.49. The summed E-state index contributed by atoms with van der Waals surface area (Å²) in [6, 6.07) is -0.101. The highest BCUT2D eigenvalue weighted by molar-refractivity contribution is 5.93. The molecule has 0 saturated carbocycles. The van der Waals surface area contributed by atoms with E-state index in [1.54, 1.807) is 0 Å². The molecule has 226 valence electrons. The molecule has 1 atom stereocenters. The molecule has 1 aliphatic rings. The molecule has 2 amide bonds. The van der Waals surface area contributed by atoms with Crippen LogP contribution in [0.5, 0.6) is 0 Å². The second-order valence-corrected chi connectivity index (χ2v) is 9.48. The normalized spacial score (nSPS) is 15.9. The van der Waals surface area contributed by atoms with Crippen LogP contribution in [0.2, 0.25) is 0 Å². The van der Waals surface area contributed by atoms with Gasteiger partial charge in [0, 0.05) is 50.8 Å². The van der Waals surface area contributed by atoms with Gasteiger partial charge in [-0.05, 0) is 44.9 Å². The van der Waals surface area contributed by atoms with Crippen molar-refractivity contribution < 1.29 is 24.2 Å². The van der Waals surface area contributed by atoms with E-state index in [1.165, 1.54) is 0 Å². The van der Waals surface area contributed by atoms with Crippen molar-refractivity contribution in [3.05, 3.63) is 85.1 Å². The number of carboxylic acids is 1. The maximum absolute atomic E-state index is 12.3. The second-order valence-electron chi connectivity index (χ2n) is 9.48. The average Bonchev–Trinajstić information content (AvgIpc) is 2.97. The SMILES string of the molecule is CCC=CCC=CCC=CCC=CCC=CCC=CCCC(=O)NCC(CNC(=O)C=CC(=O)O)N1CCOCC1. The van der Waals surface area contributed by atoms with Crippen LogP contribution in [0.1, 0.15) is 58.3 Å². The summed E-state index contributed by atoms with van der Waals surface area (Å²) in [5.74, 6) is -1.70. The molecule has 0 bridgehead atoms. The molecule has 0 aromatic rings. The van der Waals surface area contributed by atoms with E-state index in [0.717, 1.165) is 50.7 Å². The smallest absolute Gasteiger partial charge is 0.328 e. The Morgan fingerprint density at radius 2 is 1.22 bits per heavy atom. The molecule has 1 heterocycles. The molecule has 8 nitrogen and oxygen atoms in total. The van der Waals surface area contributed by atoms with Gasteiger partial charge in [0.2, 0.25) is 11.8 Å². The Labute approximate surface area is 246 Å². The van der Waals surface area contributed by atoms with Crippen LogP contribution in [-0.4, -0.2) is 73.2 Å². The minimum atomic E-state index is -1.18. The Morgan fingerprint density at radius 3 is 1.73 bits per heavy atom. The summed E-state index contributed by atoms with van der Waals surface area (Å²) in [6.07, 6.45) is 34.5. The van der Waals surface area contributed by atoms with Gasteiger partial charge in [0.25, 0.3) is 0 Å². The van der Waals surface area contributed by atoms with E-state index in [1.807, 2.05) is 6.08 Å². The van der Waals surface area contributed by atoms with Crippen molar-refractivity contribution in [2.24, 2.45) is 0 Å². The zero-order valence-electron chi connectivity index (χ0n) is 24.6. The predicted octanol–water partition coefficient (Wildman–Crippen LogP) is 5.04. The molecule has 1 rings (SSSR count). The lowest BCUT2D eigenvalue weighted by Crippen LogP contribution is -2.53. The molecular weight excluding hydrogens is 518 g/mol. The fourth-order valence-corrected chi connectivity index (χ4v) is 3.87. The van der Waals surface area contributed by atoms with Gasteiger partial charge in [0.1, 0.15) is 0 Å². The minimum Gasteiger partial charge on any atom is -0.478 e. The number of allylic oxidation sites excluding steroid dienone is 12. The standard InChI is InChI=1S/C33H49N3O5/c1-2-3-4-5-6-7-8-9-10-11-12-13-14-15-16-17-18-19-20-21-31(37)34-28-30(36-24-26-41-27-25-36)29-35-32(38)22-23-33(39)40/h3-4,6-7,9-10,12-13,15-16,18-19,22-23,30H,2,5,8,11,14,17,20-21,24-29H2,1H3,(H,34,37)(H,35,38)(H,39,40). The first-order valence-electron chi connectivity index (χ1n) is 14.7. The highest BCUT2D eigenvalue weighted by Gasteiger charge is 2.21. The molecule has 1 unspecified atom stereocenters. The monoisotopic (exact) mass is 567 g/mol. The summed E-state index contributed by atoms with van der Waals surface area (Å²) in [5.41, 5.74) is 0. The third kappa shape index (κ3) is 21.9. The molecule has 1 aliphatic heterocycles. The number of aliphatic carboxylic acids is 1. The quantitative estimate of drug-likeness (QED) is 0.133. The maximum Gasteiger partial charge on any atom is 0.328 e. The summed E-state index contributed by atoms with van der Waals surface area (Å²) in [4.78, 5) is 37.0. The molecule has 0 spiro atoms. The van der Waals surface area contributed by atoms with E-state index in [9.17, 15) is 14.4 Å². The van der Waals surface area contributed by atoms with Crippen LogP contribution in [0.3, 0.4) is 0 Å². The number of nitrogens with zero attached hydrogens (tertiary/aromatic N) is 1. The average molecular weight is 568 g/mol. The van der Waals surface area contributed by atoms with Crippen LogP contribution in [0, 0.1) is 0 Å². The molecule has 41 heavy (non-hydrogen) atoms. The van der Waals surface area contributed by atoms with Crippen molar-refractivity contribution in [1.29, 1.82) is 0 Å². The fourth-order valence-electron chi connectivity index (χ4n) is 3.87. The van der Waals surface area contributed by atoms with E-state index in [2.05, 4.69) is 89.3 Å². The highest BCUT2D eigenvalue weighted by Crippen LogP contribution is 2.04. The lowest BCUT2D eigenvalue weighted by Gasteiger charge is -2.34. The van der Waals surface area contributed by atoms with Crippen LogP contribution in [-0.2, 0) is 19.1 Å². The number of morpholine rings is 1. The molecule has 1 saturated heterocycles. The van der Waals surface area contributed by atoms with Crippen LogP contribution < -0.4 is 10.6 Å². The minimum absolute atomic E-state index is 0.0418. The van der Waals surface area contributed by atoms with Gasteiger partial charge in [-0.1, -0.05) is 79.8 Å². The van der Waals surface area contributed by atoms with E-state index in [4.69, 9.17) is 9.84 Å². The first-order valence-corrected chi connectivity index (χ1v) is 14.7. The van der Waals surface area contributed by atoms with E-state index in [-0.39, 0.29) is 11.9 Å². The molecular formula is C33H49N3O5. The van der Waals surface area contributed by atoms with Crippen molar-refractivity contribution in [2.75, 3.05) is 39.4 Å². The number of hydrogen-bond acceptors (Lipinski definition) is 5. The lowest BCUT2D eigenvalue weighted by molar-refractivity contribution is -0.131. The summed E-state index contributed by atoms with van der Waals surface area (Å²) >= 11 is 0. The summed E-state index contributed by atoms with van der Waals surface area (Å²) in [6.45, 7) is 5.45. The predicted molar refractivity (Wildman–Crippen MR) is 166 cm³/mol. The van der Waals surface area contributed by atoms with Crippen molar-refractivity contribution in [3.63, 3.8) is 0 Å². The number of carbonyl (C=O) groups excluding carboxylic acids is 2. The number of carboxylic acid groups (broad SMARTS) is 1. The first kappa shape index (κ1) is 35.5. The van der Waals surface area contributed by atoms with Crippen molar-refractivity contribution in [1.82, 2.24) is 15.5 Å². The number of rotatable bonds is 21. The van der Waals surface area contributed by atoms with E-state index >= 15 is 0 Å². The Kier molecular flexibility index (Phi) is 22.1. The Bertz CT molecular complexity index is 941. The number of nitrogens with one attached hydrogen (secondary N) is 2. The van der Waals surface area contributed by atoms with Crippen LogP contribution >= 0.6 is 0 Å². The molecule has 0 aliphatic carbocycles. The van der Waals surface area contributed by atoms with Crippen molar-refractivity contribution in [2.45, 2.75) is 64.3 Å². The second kappa shape index (κ2) is 25.5. The van der Waals surface area contributed by atoms with Crippen LogP contribution in [0.15, 0.2) is 85.1 Å². The molecule has 8 heteroatoms. The van der Waals surface area contributed by atoms with Gasteiger partial charge < -0.3 is 20.5 Å². The summed E-state index contributed by atoms with van der Waals surface area (Å²) in [7, 11) is 0. The van der Waals surface area contributed by atoms with Gasteiger partial charge in [-0.15, -0.1) is 0 Å². The number of carbonyl (C=O) groups is 3. The number of ether oxygens (including phenoxy) is 1. The van der Waals surface area contributed by atoms with Crippen molar-refractivity contribution >= 4 is 17.8 Å². The number of amides is 2. The van der Waals surface area contributed by atoms with Gasteiger partial charge in [-0.25, -0.2) is 4.79 Å². The van der Waals surface area contributed by atoms with E-state index in [0.29, 0.717) is 52.2 Å². The topological polar surface area (TPSA) is 108 Å².